The number of rotatable bonds is 2. The highest BCUT2D eigenvalue weighted by Crippen LogP contribution is 2.21. The van der Waals surface area contributed by atoms with E-state index in [1.807, 2.05) is 25.1 Å². The summed E-state index contributed by atoms with van der Waals surface area (Å²) >= 11 is 0. The van der Waals surface area contributed by atoms with Gasteiger partial charge in [-0.25, -0.2) is 0 Å². The normalized spacial score (nSPS) is 14.1. The number of fused-ring (bicyclic) bond motifs is 1. The van der Waals surface area contributed by atoms with Crippen molar-refractivity contribution in [1.29, 1.82) is 0 Å². The van der Waals surface area contributed by atoms with Crippen molar-refractivity contribution in [2.75, 3.05) is 0 Å². The Bertz CT molecular complexity index is 524. The highest BCUT2D eigenvalue weighted by Gasteiger charge is 1.99. The third-order valence-corrected chi connectivity index (χ3v) is 2.70. The van der Waals surface area contributed by atoms with E-state index in [4.69, 9.17) is 0 Å². The van der Waals surface area contributed by atoms with Crippen LogP contribution in [0.1, 0.15) is 19.4 Å². The molecule has 16 heavy (non-hydrogen) atoms. The molecular formula is C15H16O. The monoisotopic (exact) mass is 212 g/mol. The predicted octanol–water partition coefficient (Wildman–Crippen LogP) is 3.62. The molecule has 0 aliphatic heterocycles. The third kappa shape index (κ3) is 2.31. The van der Waals surface area contributed by atoms with Gasteiger partial charge in [0, 0.05) is 0 Å². The van der Waals surface area contributed by atoms with Crippen LogP contribution in [0.3, 0.4) is 0 Å². The van der Waals surface area contributed by atoms with Gasteiger partial charge in [-0.05, 0) is 41.8 Å². The maximum atomic E-state index is 9.32. The van der Waals surface area contributed by atoms with E-state index >= 15 is 0 Å². The lowest BCUT2D eigenvalue weighted by atomic mass is 10.0. The molecule has 2 rings (SSSR count). The van der Waals surface area contributed by atoms with Gasteiger partial charge in [0.1, 0.15) is 0 Å². The van der Waals surface area contributed by atoms with E-state index in [9.17, 15) is 5.11 Å². The van der Waals surface area contributed by atoms with Crippen molar-refractivity contribution in [3.63, 3.8) is 0 Å². The van der Waals surface area contributed by atoms with Crippen LogP contribution < -0.4 is 0 Å². The third-order valence-electron chi connectivity index (χ3n) is 2.70. The average molecular weight is 212 g/mol. The van der Waals surface area contributed by atoms with Crippen molar-refractivity contribution in [3.8, 4) is 0 Å². The summed E-state index contributed by atoms with van der Waals surface area (Å²) in [4.78, 5) is 0. The number of benzene rings is 2. The zero-order chi connectivity index (χ0) is 11.5. The van der Waals surface area contributed by atoms with Crippen LogP contribution in [-0.4, -0.2) is 11.2 Å². The lowest BCUT2D eigenvalue weighted by Gasteiger charge is -2.05. The van der Waals surface area contributed by atoms with Gasteiger partial charge in [0.15, 0.2) is 0 Å². The summed E-state index contributed by atoms with van der Waals surface area (Å²) < 4.78 is 0. The summed E-state index contributed by atoms with van der Waals surface area (Å²) in [5, 5.41) is 11.8. The molecular weight excluding hydrogens is 196 g/mol. The smallest absolute Gasteiger partial charge is 0.0698 e. The molecule has 0 spiro atoms. The topological polar surface area (TPSA) is 20.2 Å². The van der Waals surface area contributed by atoms with E-state index in [2.05, 4.69) is 30.3 Å². The molecule has 1 heteroatoms. The van der Waals surface area contributed by atoms with Gasteiger partial charge in [0.2, 0.25) is 0 Å². The second-order valence-corrected chi connectivity index (χ2v) is 4.15. The first kappa shape index (κ1) is 10.9. The van der Waals surface area contributed by atoms with Crippen LogP contribution in [0.2, 0.25) is 0 Å². The fourth-order valence-electron chi connectivity index (χ4n) is 1.89. The van der Waals surface area contributed by atoms with Crippen molar-refractivity contribution in [2.45, 2.75) is 20.0 Å². The van der Waals surface area contributed by atoms with Gasteiger partial charge in [-0.1, -0.05) is 42.5 Å². The van der Waals surface area contributed by atoms with Crippen LogP contribution in [0.5, 0.6) is 0 Å². The summed E-state index contributed by atoms with van der Waals surface area (Å²) in [6, 6.07) is 14.7. The van der Waals surface area contributed by atoms with Crippen molar-refractivity contribution in [2.24, 2.45) is 0 Å². The molecule has 0 saturated heterocycles. The quantitative estimate of drug-likeness (QED) is 0.806. The molecule has 2 aromatic carbocycles. The Balaban J connectivity index is 2.47. The van der Waals surface area contributed by atoms with Crippen LogP contribution in [0.15, 0.2) is 48.5 Å². The van der Waals surface area contributed by atoms with Crippen LogP contribution in [0, 0.1) is 0 Å². The molecule has 0 fully saturated rings. The maximum Gasteiger partial charge on any atom is 0.0698 e. The Kier molecular flexibility index (Phi) is 3.07. The molecule has 1 nitrogen and oxygen atoms in total. The van der Waals surface area contributed by atoms with Crippen molar-refractivity contribution in [3.05, 3.63) is 54.1 Å². The number of hydrogen-bond acceptors (Lipinski definition) is 1. The molecule has 0 radical (unpaired) electrons. The minimum absolute atomic E-state index is 0.397. The largest absolute Gasteiger partial charge is 0.389 e. The van der Waals surface area contributed by atoms with E-state index in [1.54, 1.807) is 6.92 Å². The van der Waals surface area contributed by atoms with Gasteiger partial charge in [0.25, 0.3) is 0 Å². The van der Waals surface area contributed by atoms with Gasteiger partial charge in [-0.15, -0.1) is 0 Å². The molecule has 1 N–H and O–H groups in total. The first-order valence-electron chi connectivity index (χ1n) is 5.52. The van der Waals surface area contributed by atoms with E-state index in [0.717, 1.165) is 5.57 Å². The summed E-state index contributed by atoms with van der Waals surface area (Å²) in [5.74, 6) is 0. The maximum absolute atomic E-state index is 9.32. The van der Waals surface area contributed by atoms with Gasteiger partial charge in [-0.3, -0.25) is 0 Å². The second-order valence-electron chi connectivity index (χ2n) is 4.15. The molecule has 0 aliphatic rings. The molecule has 0 saturated carbocycles. The summed E-state index contributed by atoms with van der Waals surface area (Å²) in [7, 11) is 0. The van der Waals surface area contributed by atoms with Crippen LogP contribution in [-0.2, 0) is 0 Å². The van der Waals surface area contributed by atoms with Gasteiger partial charge < -0.3 is 5.11 Å². The summed E-state index contributed by atoms with van der Waals surface area (Å²) in [6.45, 7) is 3.79. The van der Waals surface area contributed by atoms with E-state index in [0.29, 0.717) is 0 Å². The van der Waals surface area contributed by atoms with E-state index in [1.165, 1.54) is 16.3 Å². The number of hydrogen-bond donors (Lipinski definition) is 1. The lowest BCUT2D eigenvalue weighted by Crippen LogP contribution is -1.94. The standard InChI is InChI=1S/C15H16O/c1-11(9-12(2)16)14-8-7-13-5-3-4-6-15(13)10-14/h3-10,12,16H,1-2H3/b11-9-. The van der Waals surface area contributed by atoms with Gasteiger partial charge >= 0.3 is 0 Å². The number of aliphatic hydroxyl groups excluding tert-OH is 1. The van der Waals surface area contributed by atoms with Crippen molar-refractivity contribution < 1.29 is 5.11 Å². The molecule has 0 heterocycles. The Morgan fingerprint density at radius 3 is 2.50 bits per heavy atom. The summed E-state index contributed by atoms with van der Waals surface area (Å²) in [6.07, 6.45) is 1.47. The predicted molar refractivity (Wildman–Crippen MR) is 69.3 cm³/mol. The van der Waals surface area contributed by atoms with Gasteiger partial charge in [-0.2, -0.15) is 0 Å². The molecule has 0 aliphatic carbocycles. The minimum atomic E-state index is -0.397. The fourth-order valence-corrected chi connectivity index (χ4v) is 1.89. The second kappa shape index (κ2) is 4.50. The number of allylic oxidation sites excluding steroid dienone is 1. The Morgan fingerprint density at radius 2 is 1.81 bits per heavy atom. The lowest BCUT2D eigenvalue weighted by molar-refractivity contribution is 0.244. The van der Waals surface area contributed by atoms with Crippen LogP contribution in [0.25, 0.3) is 16.3 Å². The molecule has 82 valence electrons. The Hall–Kier alpha value is -1.60. The van der Waals surface area contributed by atoms with Crippen LogP contribution >= 0.6 is 0 Å². The van der Waals surface area contributed by atoms with E-state index < -0.39 is 6.10 Å². The molecule has 0 bridgehead atoms. The van der Waals surface area contributed by atoms with Crippen LogP contribution in [0.4, 0.5) is 0 Å². The molecule has 1 unspecified atom stereocenters. The molecule has 2 aromatic rings. The Labute approximate surface area is 96.0 Å². The minimum Gasteiger partial charge on any atom is -0.389 e. The summed E-state index contributed by atoms with van der Waals surface area (Å²) in [5.41, 5.74) is 2.28. The molecule has 1 atom stereocenters. The number of aliphatic hydroxyl groups is 1. The fraction of sp³-hybridized carbons (Fsp3) is 0.200. The van der Waals surface area contributed by atoms with Crippen molar-refractivity contribution >= 4 is 16.3 Å². The zero-order valence-electron chi connectivity index (χ0n) is 9.64. The average Bonchev–Trinajstić information content (AvgIpc) is 2.27. The zero-order valence-corrected chi connectivity index (χ0v) is 9.64. The first-order chi connectivity index (χ1) is 7.66. The van der Waals surface area contributed by atoms with Gasteiger partial charge in [0.05, 0.1) is 6.10 Å². The molecule has 0 aromatic heterocycles. The van der Waals surface area contributed by atoms with Crippen molar-refractivity contribution in [1.82, 2.24) is 0 Å². The highest BCUT2D eigenvalue weighted by atomic mass is 16.3. The highest BCUT2D eigenvalue weighted by molar-refractivity contribution is 5.86. The van der Waals surface area contributed by atoms with E-state index in [-0.39, 0.29) is 0 Å². The Morgan fingerprint density at radius 1 is 1.12 bits per heavy atom. The SMILES string of the molecule is C/C(=C/C(C)O)c1ccc2ccccc2c1. The molecule has 0 amide bonds. The first-order valence-corrected chi connectivity index (χ1v) is 5.52.